The van der Waals surface area contributed by atoms with Crippen LogP contribution in [0.15, 0.2) is 62.1 Å². The maximum atomic E-state index is 11.9. The molecule has 0 unspecified atom stereocenters. The van der Waals surface area contributed by atoms with Gasteiger partial charge in [-0.3, -0.25) is 9.36 Å². The van der Waals surface area contributed by atoms with Crippen molar-refractivity contribution in [3.8, 4) is 5.88 Å². The standard InChI is InChI=1S/C18H17BrN4O5S/c1-2-28-16(24)10-23-15-8-3-11(19)9-14(15)17(18(23)25)22-21-12-4-6-13(7-5-12)29(20,26)27/h3-9,25H,2,10H2,1H3,(H2,20,26,27). The van der Waals surface area contributed by atoms with Crippen LogP contribution < -0.4 is 5.14 Å². The van der Waals surface area contributed by atoms with Gasteiger partial charge in [0.1, 0.15) is 6.54 Å². The molecule has 1 aromatic heterocycles. The quantitative estimate of drug-likeness (QED) is 0.408. The molecule has 3 N–H and O–H groups in total. The van der Waals surface area contributed by atoms with E-state index in [1.807, 2.05) is 0 Å². The minimum absolute atomic E-state index is 0.0470. The van der Waals surface area contributed by atoms with E-state index in [0.29, 0.717) is 16.6 Å². The first-order valence-corrected chi connectivity index (χ1v) is 10.8. The van der Waals surface area contributed by atoms with Crippen LogP contribution in [0.4, 0.5) is 11.4 Å². The van der Waals surface area contributed by atoms with E-state index in [4.69, 9.17) is 9.88 Å². The van der Waals surface area contributed by atoms with E-state index in [2.05, 4.69) is 26.2 Å². The zero-order chi connectivity index (χ0) is 21.2. The topological polar surface area (TPSA) is 136 Å². The summed E-state index contributed by atoms with van der Waals surface area (Å²) in [5.74, 6) is -0.735. The van der Waals surface area contributed by atoms with Gasteiger partial charge in [0.25, 0.3) is 0 Å². The fourth-order valence-electron chi connectivity index (χ4n) is 2.70. The van der Waals surface area contributed by atoms with Crippen LogP contribution in [0.2, 0.25) is 0 Å². The number of carbonyl (C=O) groups excluding carboxylic acids is 1. The van der Waals surface area contributed by atoms with Gasteiger partial charge in [-0.15, -0.1) is 5.11 Å². The van der Waals surface area contributed by atoms with Crippen LogP contribution in [0.3, 0.4) is 0 Å². The second-order valence-corrected chi connectivity index (χ2v) is 8.44. The molecule has 9 nitrogen and oxygen atoms in total. The van der Waals surface area contributed by atoms with Gasteiger partial charge < -0.3 is 9.84 Å². The summed E-state index contributed by atoms with van der Waals surface area (Å²) in [4.78, 5) is 11.9. The average Bonchev–Trinajstić information content (AvgIpc) is 2.90. The number of ether oxygens (including phenoxy) is 1. The predicted molar refractivity (Wildman–Crippen MR) is 110 cm³/mol. The molecule has 3 rings (SSSR count). The van der Waals surface area contributed by atoms with E-state index >= 15 is 0 Å². The van der Waals surface area contributed by atoms with Crippen LogP contribution >= 0.6 is 15.9 Å². The molecule has 3 aromatic rings. The SMILES string of the molecule is CCOC(=O)Cn1c(O)c(N=Nc2ccc(S(N)(=O)=O)cc2)c2cc(Br)ccc21. The van der Waals surface area contributed by atoms with Gasteiger partial charge in [0.05, 0.1) is 22.7 Å². The third kappa shape index (κ3) is 4.63. The normalized spacial score (nSPS) is 12.0. The fourth-order valence-corrected chi connectivity index (χ4v) is 3.58. The Morgan fingerprint density at radius 3 is 2.52 bits per heavy atom. The summed E-state index contributed by atoms with van der Waals surface area (Å²) in [5.41, 5.74) is 1.11. The largest absolute Gasteiger partial charge is 0.493 e. The van der Waals surface area contributed by atoms with Gasteiger partial charge in [0.2, 0.25) is 15.9 Å². The number of benzene rings is 2. The molecule has 0 radical (unpaired) electrons. The number of hydrogen-bond acceptors (Lipinski definition) is 7. The number of fused-ring (bicyclic) bond motifs is 1. The van der Waals surface area contributed by atoms with Gasteiger partial charge in [-0.25, -0.2) is 13.6 Å². The molecule has 0 saturated heterocycles. The van der Waals surface area contributed by atoms with Crippen molar-refractivity contribution in [1.29, 1.82) is 0 Å². The van der Waals surface area contributed by atoms with Crippen LogP contribution in [-0.4, -0.2) is 30.7 Å². The number of nitrogens with zero attached hydrogens (tertiary/aromatic N) is 3. The highest BCUT2D eigenvalue weighted by molar-refractivity contribution is 9.10. The van der Waals surface area contributed by atoms with Crippen molar-refractivity contribution in [3.05, 3.63) is 46.9 Å². The average molecular weight is 481 g/mol. The first-order chi connectivity index (χ1) is 13.7. The van der Waals surface area contributed by atoms with E-state index in [9.17, 15) is 18.3 Å². The van der Waals surface area contributed by atoms with Crippen LogP contribution in [0.5, 0.6) is 5.88 Å². The molecule has 152 valence electrons. The maximum Gasteiger partial charge on any atom is 0.326 e. The molecule has 0 saturated carbocycles. The van der Waals surface area contributed by atoms with Crippen LogP contribution in [0, 0.1) is 0 Å². The second kappa shape index (κ2) is 8.31. The fraction of sp³-hybridized carbons (Fsp3) is 0.167. The van der Waals surface area contributed by atoms with E-state index in [-0.39, 0.29) is 29.6 Å². The minimum atomic E-state index is -3.80. The summed E-state index contributed by atoms with van der Waals surface area (Å²) >= 11 is 3.38. The van der Waals surface area contributed by atoms with Crippen LogP contribution in [0.25, 0.3) is 10.9 Å². The molecule has 0 bridgehead atoms. The van der Waals surface area contributed by atoms with Gasteiger partial charge in [-0.05, 0) is 49.4 Å². The highest BCUT2D eigenvalue weighted by Crippen LogP contribution is 2.40. The molecule has 0 fully saturated rings. The van der Waals surface area contributed by atoms with Crippen molar-refractivity contribution >= 4 is 54.2 Å². The number of hydrogen-bond donors (Lipinski definition) is 2. The lowest BCUT2D eigenvalue weighted by Crippen LogP contribution is -2.12. The Morgan fingerprint density at radius 2 is 1.90 bits per heavy atom. The number of nitrogens with two attached hydrogens (primary N) is 1. The Hall–Kier alpha value is -2.76. The number of aromatic nitrogens is 1. The lowest BCUT2D eigenvalue weighted by atomic mass is 10.2. The number of carbonyl (C=O) groups is 1. The summed E-state index contributed by atoms with van der Waals surface area (Å²) in [6.07, 6.45) is 0. The number of esters is 1. The summed E-state index contributed by atoms with van der Waals surface area (Å²) in [6, 6.07) is 10.8. The molecule has 29 heavy (non-hydrogen) atoms. The Bertz CT molecular complexity index is 1200. The van der Waals surface area contributed by atoms with E-state index in [1.165, 1.54) is 28.8 Å². The monoisotopic (exact) mass is 480 g/mol. The first-order valence-electron chi connectivity index (χ1n) is 8.41. The number of primary sulfonamides is 1. The highest BCUT2D eigenvalue weighted by Gasteiger charge is 2.19. The maximum absolute atomic E-state index is 11.9. The number of rotatable bonds is 6. The third-order valence-corrected chi connectivity index (χ3v) is 5.42. The molecule has 0 aliphatic carbocycles. The third-order valence-electron chi connectivity index (χ3n) is 4.00. The van der Waals surface area contributed by atoms with Gasteiger partial charge in [-0.2, -0.15) is 5.11 Å². The Kier molecular flexibility index (Phi) is 6.01. The lowest BCUT2D eigenvalue weighted by Gasteiger charge is -2.06. The predicted octanol–water partition coefficient (Wildman–Crippen LogP) is 3.74. The Labute approximate surface area is 175 Å². The molecule has 0 spiro atoms. The number of halogens is 1. The van der Waals surface area contributed by atoms with Gasteiger partial charge >= 0.3 is 5.97 Å². The van der Waals surface area contributed by atoms with Gasteiger partial charge in [0, 0.05) is 9.86 Å². The zero-order valence-electron chi connectivity index (χ0n) is 15.2. The van der Waals surface area contributed by atoms with E-state index in [0.717, 1.165) is 4.47 Å². The van der Waals surface area contributed by atoms with Crippen molar-refractivity contribution in [2.45, 2.75) is 18.4 Å². The zero-order valence-corrected chi connectivity index (χ0v) is 17.6. The molecule has 2 aromatic carbocycles. The molecule has 0 aliphatic rings. The van der Waals surface area contributed by atoms with Gasteiger partial charge in [-0.1, -0.05) is 15.9 Å². The van der Waals surface area contributed by atoms with Crippen molar-refractivity contribution in [2.75, 3.05) is 6.61 Å². The first kappa shape index (κ1) is 21.0. The van der Waals surface area contributed by atoms with Gasteiger partial charge in [0.15, 0.2) is 5.69 Å². The number of azo groups is 1. The van der Waals surface area contributed by atoms with Crippen molar-refractivity contribution in [1.82, 2.24) is 4.57 Å². The molecule has 0 aliphatic heterocycles. The number of aromatic hydroxyl groups is 1. The van der Waals surface area contributed by atoms with E-state index in [1.54, 1.807) is 25.1 Å². The molecule has 11 heteroatoms. The molecular weight excluding hydrogens is 464 g/mol. The van der Waals surface area contributed by atoms with E-state index < -0.39 is 16.0 Å². The number of sulfonamides is 1. The summed E-state index contributed by atoms with van der Waals surface area (Å²) in [7, 11) is -3.80. The summed E-state index contributed by atoms with van der Waals surface area (Å²) in [6.45, 7) is 1.74. The van der Waals surface area contributed by atoms with Crippen LogP contribution in [-0.2, 0) is 26.1 Å². The smallest absolute Gasteiger partial charge is 0.326 e. The molecule has 0 amide bonds. The molecular formula is C18H17BrN4O5S. The summed E-state index contributed by atoms with van der Waals surface area (Å²) in [5, 5.41) is 24.5. The van der Waals surface area contributed by atoms with Crippen molar-refractivity contribution in [3.63, 3.8) is 0 Å². The minimum Gasteiger partial charge on any atom is -0.493 e. The summed E-state index contributed by atoms with van der Waals surface area (Å²) < 4.78 is 29.8. The van der Waals surface area contributed by atoms with Crippen LogP contribution in [0.1, 0.15) is 6.92 Å². The second-order valence-electron chi connectivity index (χ2n) is 5.96. The Balaban J connectivity index is 2.02. The Morgan fingerprint density at radius 1 is 1.21 bits per heavy atom. The van der Waals surface area contributed by atoms with Crippen molar-refractivity contribution in [2.24, 2.45) is 15.4 Å². The lowest BCUT2D eigenvalue weighted by molar-refractivity contribution is -0.143. The highest BCUT2D eigenvalue weighted by atomic mass is 79.9. The molecule has 0 atom stereocenters. The van der Waals surface area contributed by atoms with Crippen molar-refractivity contribution < 1.29 is 23.1 Å². The molecule has 1 heterocycles.